The third kappa shape index (κ3) is 4.64. The number of allylic oxidation sites excluding steroid dienone is 1. The molecule has 2 saturated carbocycles. The Morgan fingerprint density at radius 2 is 1.55 bits per heavy atom. The zero-order valence-electron chi connectivity index (χ0n) is 13.1. The second-order valence-electron chi connectivity index (χ2n) is 6.80. The molecule has 20 heavy (non-hydrogen) atoms. The van der Waals surface area contributed by atoms with Gasteiger partial charge in [-0.05, 0) is 62.7 Å². The van der Waals surface area contributed by atoms with Gasteiger partial charge in [-0.2, -0.15) is 0 Å². The molecule has 0 aliphatic heterocycles. The van der Waals surface area contributed by atoms with Crippen LogP contribution in [0.2, 0.25) is 0 Å². The molecule has 2 rings (SSSR count). The fourth-order valence-electron chi connectivity index (χ4n) is 3.85. The molecule has 0 amide bonds. The van der Waals surface area contributed by atoms with Gasteiger partial charge in [0.2, 0.25) is 0 Å². The average Bonchev–Trinajstić information content (AvgIpc) is 2.47. The standard InChI is InChI=1S/C18H30O2/c1-3-4-5-18(19)20-17-12-10-16(11-13-17)15-8-6-14(2)7-9-15/h4-5,14-17H,3,6-13H2,1-2H3. The van der Waals surface area contributed by atoms with Gasteiger partial charge in [-0.25, -0.2) is 4.79 Å². The summed E-state index contributed by atoms with van der Waals surface area (Å²) >= 11 is 0. The van der Waals surface area contributed by atoms with Crippen LogP contribution in [-0.2, 0) is 9.53 Å². The van der Waals surface area contributed by atoms with Crippen molar-refractivity contribution in [2.45, 2.75) is 77.7 Å². The van der Waals surface area contributed by atoms with E-state index in [1.54, 1.807) is 6.08 Å². The van der Waals surface area contributed by atoms with E-state index in [1.165, 1.54) is 38.5 Å². The van der Waals surface area contributed by atoms with Gasteiger partial charge in [-0.3, -0.25) is 0 Å². The fraction of sp³-hybridized carbons (Fsp3) is 0.833. The molecule has 0 radical (unpaired) electrons. The summed E-state index contributed by atoms with van der Waals surface area (Å²) in [5, 5.41) is 0. The zero-order chi connectivity index (χ0) is 14.4. The van der Waals surface area contributed by atoms with E-state index in [0.717, 1.165) is 37.0 Å². The Morgan fingerprint density at radius 3 is 2.10 bits per heavy atom. The van der Waals surface area contributed by atoms with E-state index in [-0.39, 0.29) is 12.1 Å². The van der Waals surface area contributed by atoms with Crippen molar-refractivity contribution in [3.8, 4) is 0 Å². The lowest BCUT2D eigenvalue weighted by Gasteiger charge is -2.36. The largest absolute Gasteiger partial charge is 0.459 e. The quantitative estimate of drug-likeness (QED) is 0.541. The van der Waals surface area contributed by atoms with E-state index in [4.69, 9.17) is 4.74 Å². The van der Waals surface area contributed by atoms with Crippen molar-refractivity contribution < 1.29 is 9.53 Å². The van der Waals surface area contributed by atoms with Crippen LogP contribution in [0.4, 0.5) is 0 Å². The second kappa shape index (κ2) is 7.85. The van der Waals surface area contributed by atoms with Gasteiger partial charge in [0, 0.05) is 6.08 Å². The summed E-state index contributed by atoms with van der Waals surface area (Å²) in [7, 11) is 0. The van der Waals surface area contributed by atoms with Crippen LogP contribution in [0.15, 0.2) is 12.2 Å². The molecule has 2 fully saturated rings. The summed E-state index contributed by atoms with van der Waals surface area (Å²) in [5.74, 6) is 2.63. The summed E-state index contributed by atoms with van der Waals surface area (Å²) in [6.07, 6.45) is 14.9. The van der Waals surface area contributed by atoms with E-state index < -0.39 is 0 Å². The maximum atomic E-state index is 11.6. The van der Waals surface area contributed by atoms with Crippen molar-refractivity contribution >= 4 is 5.97 Å². The Morgan fingerprint density at radius 1 is 1.00 bits per heavy atom. The van der Waals surface area contributed by atoms with Gasteiger partial charge >= 0.3 is 5.97 Å². The highest BCUT2D eigenvalue weighted by molar-refractivity contribution is 5.82. The molecule has 2 aliphatic carbocycles. The first-order chi connectivity index (χ1) is 9.69. The number of carbonyl (C=O) groups excluding carboxylic acids is 1. The van der Waals surface area contributed by atoms with E-state index >= 15 is 0 Å². The van der Waals surface area contributed by atoms with Crippen LogP contribution in [0.25, 0.3) is 0 Å². The van der Waals surface area contributed by atoms with Crippen LogP contribution in [-0.4, -0.2) is 12.1 Å². The molecular formula is C18H30O2. The molecule has 0 atom stereocenters. The molecule has 0 aromatic heterocycles. The lowest BCUT2D eigenvalue weighted by atomic mass is 9.71. The smallest absolute Gasteiger partial charge is 0.330 e. The molecule has 0 heterocycles. The first-order valence-corrected chi connectivity index (χ1v) is 8.56. The van der Waals surface area contributed by atoms with Crippen LogP contribution in [0.1, 0.15) is 71.6 Å². The maximum absolute atomic E-state index is 11.6. The minimum Gasteiger partial charge on any atom is -0.459 e. The number of ether oxygens (including phenoxy) is 1. The van der Waals surface area contributed by atoms with Crippen LogP contribution in [0, 0.1) is 17.8 Å². The molecular weight excluding hydrogens is 248 g/mol. The van der Waals surface area contributed by atoms with Gasteiger partial charge in [0.15, 0.2) is 0 Å². The molecule has 2 heteroatoms. The zero-order valence-corrected chi connectivity index (χ0v) is 13.1. The van der Waals surface area contributed by atoms with Gasteiger partial charge in [-0.1, -0.05) is 32.8 Å². The molecule has 2 aliphatic rings. The molecule has 2 nitrogen and oxygen atoms in total. The first-order valence-electron chi connectivity index (χ1n) is 8.56. The van der Waals surface area contributed by atoms with E-state index in [1.807, 2.05) is 13.0 Å². The number of rotatable bonds is 4. The average molecular weight is 278 g/mol. The van der Waals surface area contributed by atoms with E-state index in [9.17, 15) is 4.79 Å². The highest BCUT2D eigenvalue weighted by Crippen LogP contribution is 2.40. The number of hydrogen-bond acceptors (Lipinski definition) is 2. The summed E-state index contributed by atoms with van der Waals surface area (Å²) < 4.78 is 5.52. The molecule has 0 N–H and O–H groups in total. The van der Waals surface area contributed by atoms with Gasteiger partial charge in [0.05, 0.1) is 0 Å². The molecule has 0 unspecified atom stereocenters. The molecule has 0 aromatic rings. The van der Waals surface area contributed by atoms with Crippen LogP contribution >= 0.6 is 0 Å². The highest BCUT2D eigenvalue weighted by Gasteiger charge is 2.30. The van der Waals surface area contributed by atoms with Crippen molar-refractivity contribution in [2.75, 3.05) is 0 Å². The van der Waals surface area contributed by atoms with Gasteiger partial charge in [0.1, 0.15) is 6.10 Å². The summed E-state index contributed by atoms with van der Waals surface area (Å²) in [6, 6.07) is 0. The molecule has 0 bridgehead atoms. The number of carbonyl (C=O) groups is 1. The van der Waals surface area contributed by atoms with Crippen molar-refractivity contribution in [1.82, 2.24) is 0 Å². The second-order valence-corrected chi connectivity index (χ2v) is 6.80. The van der Waals surface area contributed by atoms with Gasteiger partial charge in [-0.15, -0.1) is 0 Å². The first kappa shape index (κ1) is 15.6. The Kier molecular flexibility index (Phi) is 6.12. The number of esters is 1. The summed E-state index contributed by atoms with van der Waals surface area (Å²) in [4.78, 5) is 11.6. The normalized spacial score (nSPS) is 35.1. The van der Waals surface area contributed by atoms with Crippen molar-refractivity contribution in [2.24, 2.45) is 17.8 Å². The lowest BCUT2D eigenvalue weighted by molar-refractivity contribution is -0.145. The highest BCUT2D eigenvalue weighted by atomic mass is 16.5. The van der Waals surface area contributed by atoms with Crippen LogP contribution in [0.3, 0.4) is 0 Å². The van der Waals surface area contributed by atoms with Crippen LogP contribution in [0.5, 0.6) is 0 Å². The minimum absolute atomic E-state index is 0.151. The van der Waals surface area contributed by atoms with E-state index in [2.05, 4.69) is 6.92 Å². The van der Waals surface area contributed by atoms with Crippen molar-refractivity contribution in [3.05, 3.63) is 12.2 Å². The summed E-state index contributed by atoms with van der Waals surface area (Å²) in [6.45, 7) is 4.41. The third-order valence-corrected chi connectivity index (χ3v) is 5.22. The molecule has 0 saturated heterocycles. The Hall–Kier alpha value is -0.790. The van der Waals surface area contributed by atoms with E-state index in [0.29, 0.717) is 0 Å². The lowest BCUT2D eigenvalue weighted by Crippen LogP contribution is -2.29. The minimum atomic E-state index is -0.151. The maximum Gasteiger partial charge on any atom is 0.330 e. The Labute approximate surface area is 124 Å². The Bertz CT molecular complexity index is 318. The SMILES string of the molecule is CCC=CC(=O)OC1CCC(C2CCC(C)CC2)CC1. The van der Waals surface area contributed by atoms with Gasteiger partial charge in [0.25, 0.3) is 0 Å². The molecule has 114 valence electrons. The third-order valence-electron chi connectivity index (χ3n) is 5.22. The molecule has 0 aromatic carbocycles. The van der Waals surface area contributed by atoms with Gasteiger partial charge < -0.3 is 4.74 Å². The summed E-state index contributed by atoms with van der Waals surface area (Å²) in [5.41, 5.74) is 0. The monoisotopic (exact) mass is 278 g/mol. The number of hydrogen-bond donors (Lipinski definition) is 0. The van der Waals surface area contributed by atoms with Crippen molar-refractivity contribution in [1.29, 1.82) is 0 Å². The topological polar surface area (TPSA) is 26.3 Å². The predicted molar refractivity (Wildman–Crippen MR) is 82.4 cm³/mol. The molecule has 0 spiro atoms. The fourth-order valence-corrected chi connectivity index (χ4v) is 3.85. The van der Waals surface area contributed by atoms with Crippen molar-refractivity contribution in [3.63, 3.8) is 0 Å². The predicted octanol–water partition coefficient (Wildman–Crippen LogP) is 4.88. The Balaban J connectivity index is 1.69. The van der Waals surface area contributed by atoms with Crippen LogP contribution < -0.4 is 0 Å².